The van der Waals surface area contributed by atoms with Crippen molar-refractivity contribution in [1.29, 1.82) is 0 Å². The number of ketones is 1. The third kappa shape index (κ3) is 1.75. The van der Waals surface area contributed by atoms with Gasteiger partial charge in [0.05, 0.1) is 0 Å². The van der Waals surface area contributed by atoms with E-state index in [1.54, 1.807) is 22.7 Å². The number of carbonyl (C=O) groups excluding carboxylic acids is 1. The molecule has 1 unspecified atom stereocenters. The van der Waals surface area contributed by atoms with Crippen molar-refractivity contribution < 1.29 is 4.79 Å². The monoisotopic (exact) mass is 230 g/mol. The van der Waals surface area contributed by atoms with Gasteiger partial charge in [-0.1, -0.05) is 19.1 Å². The molecule has 0 bridgehead atoms. The largest absolute Gasteiger partial charge is 0.299 e. The molecule has 1 nitrogen and oxygen atoms in total. The van der Waals surface area contributed by atoms with Crippen LogP contribution in [-0.2, 0) is 17.6 Å². The number of Topliss-reactive ketones (excluding diaryl/α,β-unsaturated/α-hetero) is 1. The van der Waals surface area contributed by atoms with E-state index in [-0.39, 0.29) is 5.92 Å². The zero-order chi connectivity index (χ0) is 9.42. The fraction of sp³-hybridized carbons (Fsp3) is 0.556. The number of hydrogen-bond donors (Lipinski definition) is 0. The standard InChI is InChI=1S/C9H10OS3/c1-2-5-3-7-8(4-6(5)10)13-9(11)12-7/h5H,2-4H2,1H3. The van der Waals surface area contributed by atoms with Crippen LogP contribution in [0.25, 0.3) is 0 Å². The first kappa shape index (κ1) is 9.49. The third-order valence-electron chi connectivity index (χ3n) is 2.44. The molecule has 1 aromatic rings. The lowest BCUT2D eigenvalue weighted by molar-refractivity contribution is -0.122. The maximum absolute atomic E-state index is 11.6. The van der Waals surface area contributed by atoms with Gasteiger partial charge in [0.25, 0.3) is 0 Å². The molecule has 1 aliphatic rings. The first-order chi connectivity index (χ1) is 6.20. The second-order valence-corrected chi connectivity index (χ2v) is 6.65. The number of fused-ring (bicyclic) bond motifs is 1. The maximum Gasteiger partial charge on any atom is 0.144 e. The molecule has 1 aliphatic carbocycles. The Morgan fingerprint density at radius 1 is 1.46 bits per heavy atom. The Balaban J connectivity index is 2.37. The highest BCUT2D eigenvalue weighted by Crippen LogP contribution is 2.33. The van der Waals surface area contributed by atoms with Crippen LogP contribution in [0.5, 0.6) is 0 Å². The molecule has 0 amide bonds. The van der Waals surface area contributed by atoms with E-state index in [2.05, 4.69) is 6.92 Å². The summed E-state index contributed by atoms with van der Waals surface area (Å²) in [6.07, 6.45) is 2.53. The van der Waals surface area contributed by atoms with Crippen LogP contribution in [0.15, 0.2) is 0 Å². The van der Waals surface area contributed by atoms with Gasteiger partial charge in [0.15, 0.2) is 0 Å². The minimum absolute atomic E-state index is 0.257. The van der Waals surface area contributed by atoms with Gasteiger partial charge in [0, 0.05) is 22.1 Å². The van der Waals surface area contributed by atoms with Gasteiger partial charge in [-0.15, -0.1) is 22.7 Å². The first-order valence-corrected chi connectivity index (χ1v) is 6.39. The van der Waals surface area contributed by atoms with Gasteiger partial charge in [0.1, 0.15) is 8.92 Å². The number of hydrogen-bond acceptors (Lipinski definition) is 4. The van der Waals surface area contributed by atoms with E-state index < -0.39 is 0 Å². The van der Waals surface area contributed by atoms with Crippen LogP contribution in [0.2, 0.25) is 0 Å². The predicted octanol–water partition coefficient (Wildman–Crippen LogP) is 3.23. The van der Waals surface area contributed by atoms with Crippen LogP contribution in [0.4, 0.5) is 0 Å². The fourth-order valence-corrected chi connectivity index (χ4v) is 4.55. The zero-order valence-electron chi connectivity index (χ0n) is 7.33. The van der Waals surface area contributed by atoms with E-state index in [1.165, 1.54) is 9.75 Å². The summed E-state index contributed by atoms with van der Waals surface area (Å²) in [6.45, 7) is 2.08. The average molecular weight is 230 g/mol. The molecule has 0 spiro atoms. The molecule has 0 N–H and O–H groups in total. The molecule has 0 saturated heterocycles. The third-order valence-corrected chi connectivity index (χ3v) is 5.20. The quantitative estimate of drug-likeness (QED) is 0.689. The Morgan fingerprint density at radius 3 is 2.85 bits per heavy atom. The molecule has 0 saturated carbocycles. The Hall–Kier alpha value is -0.0600. The van der Waals surface area contributed by atoms with Crippen LogP contribution in [0, 0.1) is 9.06 Å². The van der Waals surface area contributed by atoms with E-state index >= 15 is 0 Å². The van der Waals surface area contributed by atoms with Crippen LogP contribution in [-0.4, -0.2) is 5.78 Å². The highest BCUT2D eigenvalue weighted by atomic mass is 32.2. The van der Waals surface area contributed by atoms with Gasteiger partial charge in [-0.2, -0.15) is 0 Å². The summed E-state index contributed by atoms with van der Waals surface area (Å²) in [5.74, 6) is 0.659. The highest BCUT2D eigenvalue weighted by molar-refractivity contribution is 7.76. The number of carbonyl (C=O) groups is 1. The molecule has 0 aromatic carbocycles. The molecule has 1 atom stereocenters. The van der Waals surface area contributed by atoms with E-state index in [0.717, 1.165) is 16.0 Å². The van der Waals surface area contributed by atoms with Crippen molar-refractivity contribution in [1.82, 2.24) is 0 Å². The number of rotatable bonds is 1. The zero-order valence-corrected chi connectivity index (χ0v) is 9.78. The van der Waals surface area contributed by atoms with Gasteiger partial charge in [0.2, 0.25) is 0 Å². The molecule has 0 radical (unpaired) electrons. The van der Waals surface area contributed by atoms with Gasteiger partial charge in [-0.05, 0) is 12.8 Å². The maximum atomic E-state index is 11.6. The van der Waals surface area contributed by atoms with Crippen LogP contribution >= 0.6 is 34.9 Å². The Bertz CT molecular complexity index is 388. The van der Waals surface area contributed by atoms with Crippen LogP contribution < -0.4 is 0 Å². The molecule has 1 aromatic heterocycles. The van der Waals surface area contributed by atoms with Gasteiger partial charge in [-0.3, -0.25) is 4.79 Å². The minimum Gasteiger partial charge on any atom is -0.299 e. The highest BCUT2D eigenvalue weighted by Gasteiger charge is 2.26. The SMILES string of the molecule is CCC1Cc2sc(=S)sc2CC1=O. The topological polar surface area (TPSA) is 17.1 Å². The van der Waals surface area contributed by atoms with Crippen molar-refractivity contribution in [3.8, 4) is 0 Å². The minimum atomic E-state index is 0.257. The molecule has 13 heavy (non-hydrogen) atoms. The summed E-state index contributed by atoms with van der Waals surface area (Å²) in [5, 5.41) is 0. The van der Waals surface area contributed by atoms with Crippen molar-refractivity contribution >= 4 is 40.7 Å². The summed E-state index contributed by atoms with van der Waals surface area (Å²) in [4.78, 5) is 14.2. The molecule has 1 heterocycles. The lowest BCUT2D eigenvalue weighted by Gasteiger charge is -2.18. The fourth-order valence-electron chi connectivity index (χ4n) is 1.64. The summed E-state index contributed by atoms with van der Waals surface area (Å²) in [5.41, 5.74) is 0. The second kappa shape index (κ2) is 3.59. The summed E-state index contributed by atoms with van der Waals surface area (Å²) >= 11 is 8.43. The van der Waals surface area contributed by atoms with Crippen molar-refractivity contribution in [2.45, 2.75) is 26.2 Å². The van der Waals surface area contributed by atoms with Crippen LogP contribution in [0.3, 0.4) is 0 Å². The van der Waals surface area contributed by atoms with Crippen LogP contribution in [0.1, 0.15) is 23.1 Å². The van der Waals surface area contributed by atoms with Gasteiger partial charge < -0.3 is 0 Å². The molecule has 0 aliphatic heterocycles. The van der Waals surface area contributed by atoms with Crippen molar-refractivity contribution in [2.75, 3.05) is 0 Å². The van der Waals surface area contributed by atoms with Gasteiger partial charge in [-0.25, -0.2) is 0 Å². The lowest BCUT2D eigenvalue weighted by Crippen LogP contribution is -2.22. The van der Waals surface area contributed by atoms with Gasteiger partial charge >= 0.3 is 0 Å². The lowest BCUT2D eigenvalue weighted by atomic mass is 9.89. The van der Waals surface area contributed by atoms with E-state index in [4.69, 9.17) is 12.2 Å². The molecule has 2 rings (SSSR count). The van der Waals surface area contributed by atoms with E-state index in [0.29, 0.717) is 12.2 Å². The Labute approximate surface area is 90.4 Å². The molecule has 0 fully saturated rings. The average Bonchev–Trinajstić information content (AvgIpc) is 2.42. The molecular weight excluding hydrogens is 220 g/mol. The normalized spacial score (nSPS) is 21.6. The predicted molar refractivity (Wildman–Crippen MR) is 59.2 cm³/mol. The van der Waals surface area contributed by atoms with Crippen molar-refractivity contribution in [3.63, 3.8) is 0 Å². The Kier molecular flexibility index (Phi) is 2.62. The second-order valence-electron chi connectivity index (χ2n) is 3.25. The van der Waals surface area contributed by atoms with E-state index in [9.17, 15) is 4.79 Å². The molecular formula is C9H10OS3. The molecule has 4 heteroatoms. The summed E-state index contributed by atoms with van der Waals surface area (Å²) < 4.78 is 0.967. The summed E-state index contributed by atoms with van der Waals surface area (Å²) in [7, 11) is 0. The van der Waals surface area contributed by atoms with E-state index in [1.807, 2.05) is 0 Å². The van der Waals surface area contributed by atoms with Crippen molar-refractivity contribution in [3.05, 3.63) is 12.9 Å². The van der Waals surface area contributed by atoms with Crippen molar-refractivity contribution in [2.24, 2.45) is 5.92 Å². The smallest absolute Gasteiger partial charge is 0.144 e. The molecule has 70 valence electrons. The Morgan fingerprint density at radius 2 is 2.15 bits per heavy atom. The first-order valence-electron chi connectivity index (χ1n) is 4.35. The summed E-state index contributed by atoms with van der Waals surface area (Å²) in [6, 6.07) is 0.